The lowest BCUT2D eigenvalue weighted by Gasteiger charge is -2.13. The quantitative estimate of drug-likeness (QED) is 0.755. The van der Waals surface area contributed by atoms with Crippen LogP contribution in [0, 0.1) is 0 Å². The summed E-state index contributed by atoms with van der Waals surface area (Å²) in [6, 6.07) is 12.4. The third-order valence-electron chi connectivity index (χ3n) is 3.91. The largest absolute Gasteiger partial charge is 0.454 e. The van der Waals surface area contributed by atoms with E-state index in [0.717, 1.165) is 6.20 Å². The van der Waals surface area contributed by atoms with Crippen LogP contribution in [-0.2, 0) is 6.18 Å². The molecule has 0 unspecified atom stereocenters. The van der Waals surface area contributed by atoms with Gasteiger partial charge >= 0.3 is 6.18 Å². The third-order valence-corrected chi connectivity index (χ3v) is 3.91. The number of rotatable bonds is 3. The van der Waals surface area contributed by atoms with Gasteiger partial charge in [0, 0.05) is 11.8 Å². The minimum atomic E-state index is -4.77. The van der Waals surface area contributed by atoms with Crippen molar-refractivity contribution in [3.8, 4) is 17.2 Å². The van der Waals surface area contributed by atoms with Crippen LogP contribution in [0.2, 0.25) is 0 Å². The highest BCUT2D eigenvalue weighted by molar-refractivity contribution is 6.05. The van der Waals surface area contributed by atoms with E-state index in [1.165, 1.54) is 24.3 Å². The molecule has 0 saturated heterocycles. The molecule has 0 bridgehead atoms. The molecule has 4 rings (SSSR count). The zero-order chi connectivity index (χ0) is 19.0. The number of halogens is 3. The van der Waals surface area contributed by atoms with Gasteiger partial charge in [-0.15, -0.1) is 0 Å². The molecule has 1 aliphatic heterocycles. The minimum Gasteiger partial charge on any atom is -0.454 e. The maximum absolute atomic E-state index is 13.6. The second kappa shape index (κ2) is 6.35. The van der Waals surface area contributed by atoms with Crippen molar-refractivity contribution in [1.29, 1.82) is 0 Å². The number of hydrogen-bond acceptors (Lipinski definition) is 4. The Bertz CT molecular complexity index is 1000. The molecule has 1 aromatic heterocycles. The van der Waals surface area contributed by atoms with Crippen molar-refractivity contribution < 1.29 is 27.4 Å². The molecule has 9 heteroatoms. The van der Waals surface area contributed by atoms with Gasteiger partial charge in [-0.2, -0.15) is 18.3 Å². The molecule has 0 saturated carbocycles. The first-order valence-corrected chi connectivity index (χ1v) is 7.85. The highest BCUT2D eigenvalue weighted by atomic mass is 19.4. The first-order valence-electron chi connectivity index (χ1n) is 7.85. The number of carbonyl (C=O) groups is 1. The number of benzene rings is 2. The van der Waals surface area contributed by atoms with Crippen molar-refractivity contribution in [2.24, 2.45) is 0 Å². The lowest BCUT2D eigenvalue weighted by molar-refractivity contribution is -0.143. The van der Waals surface area contributed by atoms with E-state index >= 15 is 0 Å². The molecule has 1 aliphatic rings. The molecule has 0 aliphatic carbocycles. The number of aromatic nitrogens is 2. The van der Waals surface area contributed by atoms with Gasteiger partial charge in [0.15, 0.2) is 17.2 Å². The number of ether oxygens (including phenoxy) is 2. The van der Waals surface area contributed by atoms with Crippen molar-refractivity contribution in [1.82, 2.24) is 9.78 Å². The van der Waals surface area contributed by atoms with Gasteiger partial charge in [0.1, 0.15) is 0 Å². The minimum absolute atomic E-state index is 0.0504. The maximum atomic E-state index is 13.6. The molecule has 0 atom stereocenters. The van der Waals surface area contributed by atoms with Crippen molar-refractivity contribution in [3.05, 3.63) is 66.0 Å². The third kappa shape index (κ3) is 3.19. The number of amides is 1. The fourth-order valence-electron chi connectivity index (χ4n) is 2.73. The number of nitrogens with zero attached hydrogens (tertiary/aromatic N) is 2. The molecule has 0 spiro atoms. The Labute approximate surface area is 151 Å². The number of carbonyl (C=O) groups excluding carboxylic acids is 1. The lowest BCUT2D eigenvalue weighted by atomic mass is 10.2. The molecule has 0 fully saturated rings. The van der Waals surface area contributed by atoms with Gasteiger partial charge in [0.05, 0.1) is 17.4 Å². The highest BCUT2D eigenvalue weighted by Crippen LogP contribution is 2.36. The van der Waals surface area contributed by atoms with E-state index in [0.29, 0.717) is 16.2 Å². The fraction of sp³-hybridized carbons (Fsp3) is 0.111. The zero-order valence-corrected chi connectivity index (χ0v) is 13.7. The average molecular weight is 375 g/mol. The molecular weight excluding hydrogens is 363 g/mol. The molecular formula is C18H12F3N3O3. The van der Waals surface area contributed by atoms with Gasteiger partial charge in [0.2, 0.25) is 6.79 Å². The van der Waals surface area contributed by atoms with Crippen molar-refractivity contribution in [2.45, 2.75) is 6.18 Å². The first-order chi connectivity index (χ1) is 12.9. The van der Waals surface area contributed by atoms with Crippen LogP contribution < -0.4 is 14.8 Å². The molecule has 1 N–H and O–H groups in total. The topological polar surface area (TPSA) is 65.4 Å². The van der Waals surface area contributed by atoms with Gasteiger partial charge < -0.3 is 14.8 Å². The van der Waals surface area contributed by atoms with Crippen LogP contribution >= 0.6 is 0 Å². The molecule has 3 aromatic rings. The van der Waals surface area contributed by atoms with E-state index in [-0.39, 0.29) is 18.2 Å². The summed E-state index contributed by atoms with van der Waals surface area (Å²) in [5.41, 5.74) is -1.24. The normalized spacial score (nSPS) is 12.9. The molecule has 138 valence electrons. The predicted octanol–water partition coefficient (Wildman–Crippen LogP) is 3.87. The van der Waals surface area contributed by atoms with Crippen LogP contribution in [0.15, 0.2) is 54.7 Å². The van der Waals surface area contributed by atoms with E-state index in [2.05, 4.69) is 10.4 Å². The first kappa shape index (κ1) is 17.0. The number of fused-ring (bicyclic) bond motifs is 1. The Morgan fingerprint density at radius 3 is 2.56 bits per heavy atom. The fourth-order valence-corrected chi connectivity index (χ4v) is 2.73. The average Bonchev–Trinajstić information content (AvgIpc) is 3.28. The van der Waals surface area contributed by atoms with Gasteiger partial charge in [-0.25, -0.2) is 4.68 Å². The Balaban J connectivity index is 1.69. The molecule has 2 heterocycles. The van der Waals surface area contributed by atoms with E-state index < -0.39 is 23.3 Å². The summed E-state index contributed by atoms with van der Waals surface area (Å²) < 4.78 is 51.9. The summed E-state index contributed by atoms with van der Waals surface area (Å²) in [6.07, 6.45) is -3.87. The van der Waals surface area contributed by atoms with Crippen LogP contribution in [0.1, 0.15) is 16.1 Å². The number of nitrogens with one attached hydrogen (secondary N) is 1. The van der Waals surface area contributed by atoms with Crippen LogP contribution in [-0.4, -0.2) is 22.5 Å². The summed E-state index contributed by atoms with van der Waals surface area (Å²) in [7, 11) is 0. The molecule has 6 nitrogen and oxygen atoms in total. The van der Waals surface area contributed by atoms with Crippen molar-refractivity contribution in [3.63, 3.8) is 0 Å². The Hall–Kier alpha value is -3.49. The smallest absolute Gasteiger partial charge is 0.434 e. The molecule has 2 aromatic carbocycles. The van der Waals surface area contributed by atoms with Crippen LogP contribution in [0.25, 0.3) is 5.69 Å². The van der Waals surface area contributed by atoms with Crippen LogP contribution in [0.5, 0.6) is 11.5 Å². The van der Waals surface area contributed by atoms with E-state index in [1.54, 1.807) is 24.3 Å². The van der Waals surface area contributed by atoms with Crippen LogP contribution in [0.3, 0.4) is 0 Å². The van der Waals surface area contributed by atoms with E-state index in [4.69, 9.17) is 9.47 Å². The summed E-state index contributed by atoms with van der Waals surface area (Å²) in [4.78, 5) is 12.5. The van der Waals surface area contributed by atoms with Gasteiger partial charge in [-0.1, -0.05) is 18.2 Å². The zero-order valence-electron chi connectivity index (χ0n) is 13.7. The Morgan fingerprint density at radius 2 is 1.81 bits per heavy atom. The highest BCUT2D eigenvalue weighted by Gasteiger charge is 2.40. The molecule has 0 radical (unpaired) electrons. The Kier molecular flexibility index (Phi) is 3.98. The Morgan fingerprint density at radius 1 is 1.07 bits per heavy atom. The molecule has 27 heavy (non-hydrogen) atoms. The van der Waals surface area contributed by atoms with Crippen molar-refractivity contribution in [2.75, 3.05) is 12.1 Å². The van der Waals surface area contributed by atoms with E-state index in [9.17, 15) is 18.0 Å². The summed E-state index contributed by atoms with van der Waals surface area (Å²) >= 11 is 0. The SMILES string of the molecule is O=C(Nc1ccc2c(c1)OCO2)c1cnn(-c2ccccc2)c1C(F)(F)F. The van der Waals surface area contributed by atoms with Gasteiger partial charge in [0.25, 0.3) is 5.91 Å². The second-order valence-electron chi connectivity index (χ2n) is 5.67. The summed E-state index contributed by atoms with van der Waals surface area (Å²) in [6.45, 7) is 0.0504. The number of anilines is 1. The monoisotopic (exact) mass is 375 g/mol. The number of para-hydroxylation sites is 1. The lowest BCUT2D eigenvalue weighted by Crippen LogP contribution is -2.20. The number of alkyl halides is 3. The summed E-state index contributed by atoms with van der Waals surface area (Å²) in [5, 5.41) is 6.20. The van der Waals surface area contributed by atoms with Gasteiger partial charge in [-0.3, -0.25) is 4.79 Å². The predicted molar refractivity (Wildman–Crippen MR) is 89.1 cm³/mol. The van der Waals surface area contributed by atoms with Gasteiger partial charge in [-0.05, 0) is 24.3 Å². The van der Waals surface area contributed by atoms with E-state index in [1.807, 2.05) is 0 Å². The molecule has 1 amide bonds. The maximum Gasteiger partial charge on any atom is 0.434 e. The second-order valence-corrected chi connectivity index (χ2v) is 5.67. The standard InChI is InChI=1S/C18H12F3N3O3/c19-18(20,21)16-13(9-22-24(16)12-4-2-1-3-5-12)17(25)23-11-6-7-14-15(8-11)27-10-26-14/h1-9H,10H2,(H,23,25). The van der Waals surface area contributed by atoms with Crippen molar-refractivity contribution >= 4 is 11.6 Å². The number of hydrogen-bond donors (Lipinski definition) is 1. The summed E-state index contributed by atoms with van der Waals surface area (Å²) in [5.74, 6) is -0.0203. The van der Waals surface area contributed by atoms with Crippen LogP contribution in [0.4, 0.5) is 18.9 Å².